The summed E-state index contributed by atoms with van der Waals surface area (Å²) in [5, 5.41) is 0.253. The summed E-state index contributed by atoms with van der Waals surface area (Å²) in [6, 6.07) is 4.03. The monoisotopic (exact) mass is 322 g/mol. The van der Waals surface area contributed by atoms with Crippen molar-refractivity contribution in [2.75, 3.05) is 33.7 Å². The number of hydrogen-bond acceptors (Lipinski definition) is 3. The average Bonchev–Trinajstić information content (AvgIpc) is 2.32. The zero-order valence-corrected chi connectivity index (χ0v) is 13.5. The maximum absolute atomic E-state index is 13.7. The summed E-state index contributed by atoms with van der Waals surface area (Å²) in [4.78, 5) is 1.90. The molecular formula is C13H20ClFN2O2S. The third kappa shape index (κ3) is 5.01. The van der Waals surface area contributed by atoms with Crippen LogP contribution in [0.2, 0.25) is 5.02 Å². The van der Waals surface area contributed by atoms with E-state index in [4.69, 9.17) is 11.6 Å². The van der Waals surface area contributed by atoms with Gasteiger partial charge in [-0.15, -0.1) is 0 Å². The van der Waals surface area contributed by atoms with Gasteiger partial charge in [-0.25, -0.2) is 17.1 Å². The molecule has 0 spiro atoms. The second kappa shape index (κ2) is 7.36. The molecule has 0 amide bonds. The largest absolute Gasteiger partial charge is 0.308 e. The Morgan fingerprint density at radius 3 is 2.40 bits per heavy atom. The highest BCUT2D eigenvalue weighted by Crippen LogP contribution is 2.18. The van der Waals surface area contributed by atoms with Gasteiger partial charge in [-0.1, -0.05) is 24.6 Å². The van der Waals surface area contributed by atoms with Crippen molar-refractivity contribution in [1.29, 1.82) is 0 Å². The first kappa shape index (κ1) is 17.4. The number of nitrogens with zero attached hydrogens (tertiary/aromatic N) is 2. The molecule has 0 saturated heterocycles. The van der Waals surface area contributed by atoms with E-state index in [1.165, 1.54) is 16.4 Å². The fraction of sp³-hybridized carbons (Fsp3) is 0.538. The van der Waals surface area contributed by atoms with E-state index < -0.39 is 15.8 Å². The van der Waals surface area contributed by atoms with E-state index in [1.54, 1.807) is 6.92 Å². The predicted octanol–water partition coefficient (Wildman–Crippen LogP) is 2.19. The van der Waals surface area contributed by atoms with Crippen LogP contribution in [0.15, 0.2) is 18.2 Å². The maximum Gasteiger partial charge on any atom is 0.218 e. The highest BCUT2D eigenvalue weighted by molar-refractivity contribution is 7.88. The van der Waals surface area contributed by atoms with Gasteiger partial charge in [0.1, 0.15) is 5.82 Å². The highest BCUT2D eigenvalue weighted by Gasteiger charge is 2.22. The van der Waals surface area contributed by atoms with Crippen LogP contribution >= 0.6 is 11.6 Å². The molecule has 1 rings (SSSR count). The van der Waals surface area contributed by atoms with Crippen molar-refractivity contribution in [3.63, 3.8) is 0 Å². The molecule has 0 atom stereocenters. The van der Waals surface area contributed by atoms with Gasteiger partial charge >= 0.3 is 0 Å². The fourth-order valence-electron chi connectivity index (χ4n) is 1.73. The van der Waals surface area contributed by atoms with Crippen LogP contribution in [0.4, 0.5) is 4.39 Å². The first-order chi connectivity index (χ1) is 9.26. The van der Waals surface area contributed by atoms with Crippen molar-refractivity contribution < 1.29 is 12.8 Å². The molecule has 4 nitrogen and oxygen atoms in total. The van der Waals surface area contributed by atoms with Crippen LogP contribution < -0.4 is 0 Å². The zero-order valence-electron chi connectivity index (χ0n) is 11.9. The van der Waals surface area contributed by atoms with Crippen LogP contribution in [0.25, 0.3) is 0 Å². The molecule has 0 saturated carbocycles. The Hall–Kier alpha value is -0.690. The van der Waals surface area contributed by atoms with E-state index in [-0.39, 0.29) is 16.3 Å². The van der Waals surface area contributed by atoms with Gasteiger partial charge < -0.3 is 4.90 Å². The van der Waals surface area contributed by atoms with Gasteiger partial charge in [0, 0.05) is 30.2 Å². The first-order valence-electron chi connectivity index (χ1n) is 6.32. The summed E-state index contributed by atoms with van der Waals surface area (Å²) in [7, 11) is 0.216. The molecule has 0 aromatic heterocycles. The first-order valence-corrected chi connectivity index (χ1v) is 8.31. The van der Waals surface area contributed by atoms with Crippen LogP contribution in [0.1, 0.15) is 12.5 Å². The van der Waals surface area contributed by atoms with Gasteiger partial charge in [-0.3, -0.25) is 0 Å². The van der Waals surface area contributed by atoms with Crippen LogP contribution in [0, 0.1) is 5.82 Å². The summed E-state index contributed by atoms with van der Waals surface area (Å²) in [5.74, 6) is -0.943. The second-order valence-corrected chi connectivity index (χ2v) is 7.19. The van der Waals surface area contributed by atoms with Gasteiger partial charge in [-0.05, 0) is 26.2 Å². The second-order valence-electron chi connectivity index (χ2n) is 4.79. The van der Waals surface area contributed by atoms with Gasteiger partial charge in [0.25, 0.3) is 0 Å². The van der Waals surface area contributed by atoms with Crippen LogP contribution in [-0.2, 0) is 15.8 Å². The highest BCUT2D eigenvalue weighted by atomic mass is 35.5. The smallest absolute Gasteiger partial charge is 0.218 e. The normalized spacial score (nSPS) is 12.3. The Morgan fingerprint density at radius 1 is 1.25 bits per heavy atom. The lowest BCUT2D eigenvalue weighted by Gasteiger charge is -2.22. The van der Waals surface area contributed by atoms with Crippen molar-refractivity contribution in [2.24, 2.45) is 0 Å². The van der Waals surface area contributed by atoms with Crippen LogP contribution in [0.5, 0.6) is 0 Å². The molecule has 0 N–H and O–H groups in total. The minimum atomic E-state index is -3.53. The molecule has 0 heterocycles. The Morgan fingerprint density at radius 2 is 1.90 bits per heavy atom. The molecule has 0 aliphatic heterocycles. The summed E-state index contributed by atoms with van der Waals surface area (Å²) in [6.07, 6.45) is 0. The molecule has 0 aliphatic carbocycles. The molecule has 0 unspecified atom stereocenters. The summed E-state index contributed by atoms with van der Waals surface area (Å²) in [6.45, 7) is 3.15. The van der Waals surface area contributed by atoms with Gasteiger partial charge in [-0.2, -0.15) is 0 Å². The molecule has 20 heavy (non-hydrogen) atoms. The van der Waals surface area contributed by atoms with Gasteiger partial charge in [0.2, 0.25) is 10.0 Å². The lowest BCUT2D eigenvalue weighted by Crippen LogP contribution is -2.37. The quantitative estimate of drug-likeness (QED) is 0.772. The SMILES string of the molecule is CCN(CCN(C)C)S(=O)(=O)Cc1ccc(Cl)cc1F. The average molecular weight is 323 g/mol. The van der Waals surface area contributed by atoms with Crippen LogP contribution in [-0.4, -0.2) is 51.4 Å². The van der Waals surface area contributed by atoms with E-state index in [1.807, 2.05) is 19.0 Å². The third-order valence-corrected chi connectivity index (χ3v) is 5.03. The molecule has 0 bridgehead atoms. The Bertz CT molecular complexity index is 549. The van der Waals surface area contributed by atoms with Crippen molar-refractivity contribution in [3.05, 3.63) is 34.6 Å². The number of hydrogen-bond donors (Lipinski definition) is 0. The molecule has 0 aliphatic rings. The van der Waals surface area contributed by atoms with E-state index in [0.717, 1.165) is 6.07 Å². The topological polar surface area (TPSA) is 40.6 Å². The minimum Gasteiger partial charge on any atom is -0.308 e. The number of rotatable bonds is 7. The Balaban J connectivity index is 2.86. The van der Waals surface area contributed by atoms with Gasteiger partial charge in [0.15, 0.2) is 0 Å². The number of likely N-dealkylation sites (N-methyl/N-ethyl adjacent to an activating group) is 2. The summed E-state index contributed by atoms with van der Waals surface area (Å²) >= 11 is 5.66. The maximum atomic E-state index is 13.7. The molecule has 114 valence electrons. The number of sulfonamides is 1. The van der Waals surface area contributed by atoms with Crippen LogP contribution in [0.3, 0.4) is 0 Å². The van der Waals surface area contributed by atoms with Crippen molar-refractivity contribution >= 4 is 21.6 Å². The van der Waals surface area contributed by atoms with E-state index in [0.29, 0.717) is 19.6 Å². The van der Waals surface area contributed by atoms with Crippen molar-refractivity contribution in [1.82, 2.24) is 9.21 Å². The van der Waals surface area contributed by atoms with Crippen molar-refractivity contribution in [3.8, 4) is 0 Å². The number of halogens is 2. The molecular weight excluding hydrogens is 303 g/mol. The molecule has 1 aromatic carbocycles. The number of benzene rings is 1. The van der Waals surface area contributed by atoms with Crippen molar-refractivity contribution in [2.45, 2.75) is 12.7 Å². The predicted molar refractivity (Wildman–Crippen MR) is 79.8 cm³/mol. The minimum absolute atomic E-state index is 0.137. The van der Waals surface area contributed by atoms with E-state index in [2.05, 4.69) is 0 Å². The summed E-state index contributed by atoms with van der Waals surface area (Å²) < 4.78 is 39.6. The van der Waals surface area contributed by atoms with Gasteiger partial charge in [0.05, 0.1) is 5.75 Å². The molecule has 7 heteroatoms. The Labute approximate surface area is 125 Å². The molecule has 1 aromatic rings. The lowest BCUT2D eigenvalue weighted by atomic mass is 10.2. The molecule has 0 radical (unpaired) electrons. The lowest BCUT2D eigenvalue weighted by molar-refractivity contribution is 0.340. The molecule has 0 fully saturated rings. The summed E-state index contributed by atoms with van der Waals surface area (Å²) in [5.41, 5.74) is 0.137. The standard InChI is InChI=1S/C13H20ClFN2O2S/c1-4-17(8-7-16(2)3)20(18,19)10-11-5-6-12(14)9-13(11)15/h5-6,9H,4,7-8,10H2,1-3H3. The fourth-order valence-corrected chi connectivity index (χ4v) is 3.45. The Kier molecular flexibility index (Phi) is 6.39. The zero-order chi connectivity index (χ0) is 15.3. The van der Waals surface area contributed by atoms with E-state index in [9.17, 15) is 12.8 Å². The third-order valence-electron chi connectivity index (χ3n) is 2.90. The van der Waals surface area contributed by atoms with E-state index >= 15 is 0 Å².